The van der Waals surface area contributed by atoms with Crippen LogP contribution >= 0.6 is 0 Å². The second-order valence-electron chi connectivity index (χ2n) is 8.72. The first kappa shape index (κ1) is 18.7. The number of fused-ring (bicyclic) bond motifs is 1. The standard InChI is InChI=1S/C22H34O3/c1-16-7-5-8-17(2)10-11-18(22(13-14-22)20(23)24-4)15-19-21(3,25-19)12-6-9-16/h8-9,18-19H,5-7,10-15H2,1-4H3/b16-9+,17-8+/t18?,19-,21-/m1/s1. The van der Waals surface area contributed by atoms with Gasteiger partial charge in [0.25, 0.3) is 0 Å². The van der Waals surface area contributed by atoms with Gasteiger partial charge in [0.15, 0.2) is 0 Å². The monoisotopic (exact) mass is 346 g/mol. The van der Waals surface area contributed by atoms with Crippen LogP contribution in [0, 0.1) is 11.3 Å². The number of rotatable bonds is 2. The molecule has 0 aromatic heterocycles. The van der Waals surface area contributed by atoms with Crippen LogP contribution in [0.4, 0.5) is 0 Å². The second kappa shape index (κ2) is 7.26. The summed E-state index contributed by atoms with van der Waals surface area (Å²) in [5, 5.41) is 0. The van der Waals surface area contributed by atoms with Gasteiger partial charge in [0.05, 0.1) is 24.2 Å². The van der Waals surface area contributed by atoms with E-state index in [9.17, 15) is 4.79 Å². The zero-order valence-corrected chi connectivity index (χ0v) is 16.4. The first-order chi connectivity index (χ1) is 11.9. The smallest absolute Gasteiger partial charge is 0.312 e. The molecule has 1 aliphatic heterocycles. The van der Waals surface area contributed by atoms with Gasteiger partial charge in [-0.05, 0) is 84.5 Å². The predicted molar refractivity (Wildman–Crippen MR) is 100 cm³/mol. The Hall–Kier alpha value is -1.09. The predicted octanol–water partition coefficient (Wildman–Crippen LogP) is 5.35. The Morgan fingerprint density at radius 2 is 1.80 bits per heavy atom. The maximum absolute atomic E-state index is 12.4. The molecule has 0 aromatic carbocycles. The summed E-state index contributed by atoms with van der Waals surface area (Å²) < 4.78 is 11.3. The number of esters is 1. The average molecular weight is 347 g/mol. The molecule has 0 bridgehead atoms. The molecule has 1 saturated carbocycles. The number of hydrogen-bond donors (Lipinski definition) is 0. The third kappa shape index (κ3) is 4.19. The molecule has 3 atom stereocenters. The van der Waals surface area contributed by atoms with Crippen molar-refractivity contribution in [2.24, 2.45) is 11.3 Å². The van der Waals surface area contributed by atoms with Crippen molar-refractivity contribution in [1.29, 1.82) is 0 Å². The van der Waals surface area contributed by atoms with E-state index in [-0.39, 0.29) is 17.0 Å². The van der Waals surface area contributed by atoms with E-state index >= 15 is 0 Å². The number of epoxide rings is 1. The Balaban J connectivity index is 1.74. The maximum atomic E-state index is 12.4. The normalized spacial score (nSPS) is 39.7. The van der Waals surface area contributed by atoms with Crippen LogP contribution in [0.2, 0.25) is 0 Å². The largest absolute Gasteiger partial charge is 0.469 e. The van der Waals surface area contributed by atoms with Crippen molar-refractivity contribution in [2.75, 3.05) is 7.11 Å². The molecule has 25 heavy (non-hydrogen) atoms. The van der Waals surface area contributed by atoms with Gasteiger partial charge in [-0.15, -0.1) is 0 Å². The van der Waals surface area contributed by atoms with E-state index in [0.29, 0.717) is 12.0 Å². The molecule has 0 aromatic rings. The van der Waals surface area contributed by atoms with Crippen LogP contribution in [-0.4, -0.2) is 24.8 Å². The summed E-state index contributed by atoms with van der Waals surface area (Å²) in [4.78, 5) is 12.4. The van der Waals surface area contributed by atoms with E-state index in [1.807, 2.05) is 0 Å². The Morgan fingerprint density at radius 1 is 1.12 bits per heavy atom. The molecule has 2 aliphatic carbocycles. The third-order valence-electron chi connectivity index (χ3n) is 6.75. The van der Waals surface area contributed by atoms with Gasteiger partial charge in [-0.2, -0.15) is 0 Å². The van der Waals surface area contributed by atoms with Gasteiger partial charge in [0.1, 0.15) is 0 Å². The molecular weight excluding hydrogens is 312 g/mol. The van der Waals surface area contributed by atoms with Crippen LogP contribution < -0.4 is 0 Å². The highest BCUT2D eigenvalue weighted by Gasteiger charge is 2.60. The Labute approximate surface area is 152 Å². The van der Waals surface area contributed by atoms with E-state index in [1.54, 1.807) is 0 Å². The molecule has 3 rings (SSSR count). The number of hydrogen-bond acceptors (Lipinski definition) is 3. The lowest BCUT2D eigenvalue weighted by molar-refractivity contribution is -0.149. The van der Waals surface area contributed by atoms with Crippen LogP contribution in [0.15, 0.2) is 23.3 Å². The average Bonchev–Trinajstić information content (AvgIpc) is 3.47. The summed E-state index contributed by atoms with van der Waals surface area (Å²) in [6, 6.07) is 0. The maximum Gasteiger partial charge on any atom is 0.312 e. The molecule has 3 aliphatic rings. The van der Waals surface area contributed by atoms with E-state index in [1.165, 1.54) is 18.3 Å². The minimum Gasteiger partial charge on any atom is -0.469 e. The van der Waals surface area contributed by atoms with Gasteiger partial charge in [-0.3, -0.25) is 4.79 Å². The summed E-state index contributed by atoms with van der Waals surface area (Å²) >= 11 is 0. The Bertz CT molecular complexity index is 570. The van der Waals surface area contributed by atoms with Crippen molar-refractivity contribution in [1.82, 2.24) is 0 Å². The summed E-state index contributed by atoms with van der Waals surface area (Å²) in [5.41, 5.74) is 2.73. The second-order valence-corrected chi connectivity index (χ2v) is 8.72. The first-order valence-electron chi connectivity index (χ1n) is 9.97. The van der Waals surface area contributed by atoms with Gasteiger partial charge in [-0.1, -0.05) is 23.3 Å². The molecule has 1 saturated heterocycles. The van der Waals surface area contributed by atoms with Crippen molar-refractivity contribution in [3.8, 4) is 0 Å². The molecule has 3 heteroatoms. The van der Waals surface area contributed by atoms with E-state index < -0.39 is 0 Å². The summed E-state index contributed by atoms with van der Waals surface area (Å²) in [7, 11) is 1.53. The number of carbonyl (C=O) groups is 1. The van der Waals surface area contributed by atoms with Gasteiger partial charge < -0.3 is 9.47 Å². The van der Waals surface area contributed by atoms with Crippen molar-refractivity contribution in [3.05, 3.63) is 23.3 Å². The number of allylic oxidation sites excluding steroid dienone is 4. The Kier molecular flexibility index (Phi) is 5.43. The Morgan fingerprint density at radius 3 is 2.48 bits per heavy atom. The highest BCUT2D eigenvalue weighted by Crippen LogP contribution is 2.58. The minimum absolute atomic E-state index is 0.00107. The van der Waals surface area contributed by atoms with Crippen LogP contribution in [0.1, 0.15) is 78.6 Å². The fourth-order valence-electron chi connectivity index (χ4n) is 4.56. The topological polar surface area (TPSA) is 38.8 Å². The number of carbonyl (C=O) groups excluding carboxylic acids is 1. The molecule has 1 heterocycles. The molecule has 1 unspecified atom stereocenters. The number of ether oxygens (including phenoxy) is 2. The number of methoxy groups -OCH3 is 1. The van der Waals surface area contributed by atoms with Crippen LogP contribution in [0.5, 0.6) is 0 Å². The van der Waals surface area contributed by atoms with Gasteiger partial charge in [0, 0.05) is 0 Å². The minimum atomic E-state index is -0.227. The summed E-state index contributed by atoms with van der Waals surface area (Å²) in [6.07, 6.45) is 14.6. The fraction of sp³-hybridized carbons (Fsp3) is 0.773. The van der Waals surface area contributed by atoms with Gasteiger partial charge >= 0.3 is 5.97 Å². The highest BCUT2D eigenvalue weighted by atomic mass is 16.6. The van der Waals surface area contributed by atoms with Crippen molar-refractivity contribution >= 4 is 5.97 Å². The lowest BCUT2D eigenvalue weighted by Crippen LogP contribution is -2.29. The van der Waals surface area contributed by atoms with Crippen molar-refractivity contribution in [3.63, 3.8) is 0 Å². The lowest BCUT2D eigenvalue weighted by Gasteiger charge is -2.25. The van der Waals surface area contributed by atoms with Crippen molar-refractivity contribution in [2.45, 2.75) is 90.3 Å². The molecule has 0 N–H and O–H groups in total. The third-order valence-corrected chi connectivity index (χ3v) is 6.75. The molecule has 3 nitrogen and oxygen atoms in total. The molecule has 0 amide bonds. The van der Waals surface area contributed by atoms with Crippen LogP contribution in [0.25, 0.3) is 0 Å². The van der Waals surface area contributed by atoms with E-state index in [4.69, 9.17) is 9.47 Å². The van der Waals surface area contributed by atoms with E-state index in [2.05, 4.69) is 32.9 Å². The summed E-state index contributed by atoms with van der Waals surface area (Å²) in [5.74, 6) is 0.386. The van der Waals surface area contributed by atoms with Crippen molar-refractivity contribution < 1.29 is 14.3 Å². The molecule has 0 radical (unpaired) electrons. The van der Waals surface area contributed by atoms with Crippen LogP contribution in [0.3, 0.4) is 0 Å². The molecule has 0 spiro atoms. The van der Waals surface area contributed by atoms with E-state index in [0.717, 1.165) is 57.8 Å². The quantitative estimate of drug-likeness (QED) is 0.384. The highest BCUT2D eigenvalue weighted by molar-refractivity contribution is 5.80. The molecular formula is C22H34O3. The fourth-order valence-corrected chi connectivity index (χ4v) is 4.56. The van der Waals surface area contributed by atoms with Crippen LogP contribution in [-0.2, 0) is 14.3 Å². The van der Waals surface area contributed by atoms with Gasteiger partial charge in [0.2, 0.25) is 0 Å². The first-order valence-corrected chi connectivity index (χ1v) is 9.97. The molecule has 140 valence electrons. The zero-order chi connectivity index (χ0) is 18.1. The zero-order valence-electron chi connectivity index (χ0n) is 16.4. The SMILES string of the molecule is COC(=O)C1(C2CC/C(C)=C/CC/C(C)=C/CC[C@@]3(C)O[C@@H]3C2)CC1. The van der Waals surface area contributed by atoms with Gasteiger partial charge in [-0.25, -0.2) is 0 Å². The molecule has 2 fully saturated rings. The lowest BCUT2D eigenvalue weighted by atomic mass is 9.79. The summed E-state index contributed by atoms with van der Waals surface area (Å²) in [6.45, 7) is 6.72.